The minimum absolute atomic E-state index is 0.375. The third-order valence-corrected chi connectivity index (χ3v) is 3.26. The summed E-state index contributed by atoms with van der Waals surface area (Å²) in [6.07, 6.45) is 1.59. The zero-order valence-corrected chi connectivity index (χ0v) is 11.5. The maximum absolute atomic E-state index is 6.09. The lowest BCUT2D eigenvalue weighted by Crippen LogP contribution is -1.98. The first kappa shape index (κ1) is 12.1. The molecule has 0 N–H and O–H groups in total. The molecule has 6 heteroatoms. The molecule has 5 nitrogen and oxygen atoms in total. The summed E-state index contributed by atoms with van der Waals surface area (Å²) in [5.74, 6) is 1.75. The van der Waals surface area contributed by atoms with Crippen LogP contribution in [0, 0.1) is 0 Å². The molecule has 102 valence electrons. The monoisotopic (exact) mass is 296 g/mol. The van der Waals surface area contributed by atoms with E-state index in [4.69, 9.17) is 16.0 Å². The molecule has 1 aromatic carbocycles. The summed E-state index contributed by atoms with van der Waals surface area (Å²) < 4.78 is 7.00. The number of benzene rings is 1. The first-order valence-corrected chi connectivity index (χ1v) is 6.72. The van der Waals surface area contributed by atoms with Gasteiger partial charge in [-0.25, -0.2) is 9.97 Å². The Morgan fingerprint density at radius 3 is 2.62 bits per heavy atom. The van der Waals surface area contributed by atoms with Crippen molar-refractivity contribution >= 4 is 17.2 Å². The van der Waals surface area contributed by atoms with Crippen molar-refractivity contribution in [1.82, 2.24) is 19.6 Å². The molecule has 0 amide bonds. The fourth-order valence-corrected chi connectivity index (χ4v) is 2.32. The van der Waals surface area contributed by atoms with E-state index in [0.717, 1.165) is 5.56 Å². The normalized spacial score (nSPS) is 11.1. The maximum atomic E-state index is 6.09. The predicted molar refractivity (Wildman–Crippen MR) is 78.9 cm³/mol. The number of fused-ring (bicyclic) bond motifs is 1. The number of hydrogen-bond acceptors (Lipinski definition) is 4. The first-order valence-electron chi connectivity index (χ1n) is 6.34. The van der Waals surface area contributed by atoms with Gasteiger partial charge in [-0.05, 0) is 12.1 Å². The van der Waals surface area contributed by atoms with Crippen molar-refractivity contribution in [2.24, 2.45) is 0 Å². The molecule has 0 atom stereocenters. The van der Waals surface area contributed by atoms with Crippen LogP contribution in [0.4, 0.5) is 0 Å². The standard InChI is InChI=1S/C15H9ClN4O/c16-12-9-13-18-14(11-7-4-8-21-11)19-20(13)15(17-12)10-5-2-1-3-6-10/h1-9H. The topological polar surface area (TPSA) is 56.2 Å². The van der Waals surface area contributed by atoms with Gasteiger partial charge in [-0.2, -0.15) is 4.52 Å². The van der Waals surface area contributed by atoms with E-state index >= 15 is 0 Å². The van der Waals surface area contributed by atoms with Gasteiger partial charge >= 0.3 is 0 Å². The molecule has 4 aromatic rings. The molecule has 0 unspecified atom stereocenters. The van der Waals surface area contributed by atoms with Crippen molar-refractivity contribution in [1.29, 1.82) is 0 Å². The Labute approximate surface area is 124 Å². The van der Waals surface area contributed by atoms with E-state index in [1.165, 1.54) is 0 Å². The summed E-state index contributed by atoms with van der Waals surface area (Å²) in [4.78, 5) is 8.80. The van der Waals surface area contributed by atoms with Gasteiger partial charge in [0.1, 0.15) is 5.15 Å². The van der Waals surface area contributed by atoms with Gasteiger partial charge in [-0.1, -0.05) is 41.9 Å². The third kappa shape index (κ3) is 2.08. The van der Waals surface area contributed by atoms with Crippen LogP contribution in [0.1, 0.15) is 0 Å². The zero-order valence-electron chi connectivity index (χ0n) is 10.8. The van der Waals surface area contributed by atoms with Crippen molar-refractivity contribution in [3.63, 3.8) is 0 Å². The van der Waals surface area contributed by atoms with Crippen molar-refractivity contribution in [3.8, 4) is 23.0 Å². The Kier molecular flexibility index (Phi) is 2.72. The van der Waals surface area contributed by atoms with Crippen molar-refractivity contribution in [2.45, 2.75) is 0 Å². The zero-order chi connectivity index (χ0) is 14.2. The molecule has 0 saturated heterocycles. The average Bonchev–Trinajstić information content (AvgIpc) is 3.16. The number of hydrogen-bond donors (Lipinski definition) is 0. The minimum atomic E-state index is 0.375. The van der Waals surface area contributed by atoms with Gasteiger partial charge in [0.15, 0.2) is 17.2 Å². The Morgan fingerprint density at radius 1 is 1.00 bits per heavy atom. The van der Waals surface area contributed by atoms with E-state index in [0.29, 0.717) is 28.2 Å². The molecule has 0 radical (unpaired) electrons. The number of aromatic nitrogens is 4. The lowest BCUT2D eigenvalue weighted by atomic mass is 10.2. The van der Waals surface area contributed by atoms with Crippen molar-refractivity contribution in [2.75, 3.05) is 0 Å². The van der Waals surface area contributed by atoms with Crippen LogP contribution in [0.5, 0.6) is 0 Å². The number of nitrogens with zero attached hydrogens (tertiary/aromatic N) is 4. The van der Waals surface area contributed by atoms with E-state index in [1.807, 2.05) is 36.4 Å². The summed E-state index contributed by atoms with van der Waals surface area (Å²) in [7, 11) is 0. The highest BCUT2D eigenvalue weighted by Crippen LogP contribution is 2.23. The Balaban J connectivity index is 1.99. The fraction of sp³-hybridized carbons (Fsp3) is 0. The van der Waals surface area contributed by atoms with Crippen LogP contribution < -0.4 is 0 Å². The molecule has 3 heterocycles. The molecule has 0 saturated carbocycles. The van der Waals surface area contributed by atoms with Crippen LogP contribution in [0.25, 0.3) is 28.6 Å². The summed E-state index contributed by atoms with van der Waals surface area (Å²) >= 11 is 6.09. The second-order valence-corrected chi connectivity index (χ2v) is 4.84. The quantitative estimate of drug-likeness (QED) is 0.529. The molecule has 0 aliphatic rings. The van der Waals surface area contributed by atoms with E-state index in [9.17, 15) is 0 Å². The van der Waals surface area contributed by atoms with Crippen LogP contribution in [0.15, 0.2) is 59.2 Å². The minimum Gasteiger partial charge on any atom is -0.461 e. The van der Waals surface area contributed by atoms with Crippen molar-refractivity contribution < 1.29 is 4.42 Å². The van der Waals surface area contributed by atoms with Crippen LogP contribution in [-0.2, 0) is 0 Å². The van der Waals surface area contributed by atoms with Crippen LogP contribution >= 0.6 is 11.6 Å². The van der Waals surface area contributed by atoms with E-state index < -0.39 is 0 Å². The van der Waals surface area contributed by atoms with Gasteiger partial charge in [-0.3, -0.25) is 0 Å². The highest BCUT2D eigenvalue weighted by atomic mass is 35.5. The Morgan fingerprint density at radius 2 is 1.86 bits per heavy atom. The number of furan rings is 1. The highest BCUT2D eigenvalue weighted by molar-refractivity contribution is 6.29. The third-order valence-electron chi connectivity index (χ3n) is 3.07. The largest absolute Gasteiger partial charge is 0.461 e. The summed E-state index contributed by atoms with van der Waals surface area (Å²) in [5.41, 5.74) is 1.54. The second-order valence-electron chi connectivity index (χ2n) is 4.45. The molecule has 21 heavy (non-hydrogen) atoms. The lowest BCUT2D eigenvalue weighted by Gasteiger charge is -2.03. The molecule has 0 spiro atoms. The van der Waals surface area contributed by atoms with Gasteiger partial charge in [-0.15, -0.1) is 5.10 Å². The molecule has 0 aliphatic carbocycles. The molecule has 0 fully saturated rings. The summed E-state index contributed by atoms with van der Waals surface area (Å²) in [5, 5.41) is 4.84. The number of halogens is 1. The van der Waals surface area contributed by atoms with E-state index in [2.05, 4.69) is 15.1 Å². The smallest absolute Gasteiger partial charge is 0.217 e. The van der Waals surface area contributed by atoms with Crippen LogP contribution in [-0.4, -0.2) is 19.6 Å². The van der Waals surface area contributed by atoms with E-state index in [1.54, 1.807) is 22.9 Å². The van der Waals surface area contributed by atoms with Gasteiger partial charge in [0.2, 0.25) is 5.82 Å². The first-order chi connectivity index (χ1) is 10.3. The molecule has 3 aromatic heterocycles. The summed E-state index contributed by atoms with van der Waals surface area (Å²) in [6, 6.07) is 15.0. The van der Waals surface area contributed by atoms with Crippen molar-refractivity contribution in [3.05, 3.63) is 59.9 Å². The average molecular weight is 297 g/mol. The molecule has 0 aliphatic heterocycles. The predicted octanol–water partition coefficient (Wildman–Crippen LogP) is 3.70. The highest BCUT2D eigenvalue weighted by Gasteiger charge is 2.14. The van der Waals surface area contributed by atoms with Gasteiger partial charge in [0.25, 0.3) is 0 Å². The lowest BCUT2D eigenvalue weighted by molar-refractivity contribution is 0.577. The molecule has 0 bridgehead atoms. The maximum Gasteiger partial charge on any atom is 0.217 e. The SMILES string of the molecule is Clc1cc2nc(-c3ccco3)nn2c(-c2ccccc2)n1. The molecular weight excluding hydrogens is 288 g/mol. The fourth-order valence-electron chi connectivity index (χ4n) is 2.15. The Hall–Kier alpha value is -2.66. The van der Waals surface area contributed by atoms with E-state index in [-0.39, 0.29) is 0 Å². The molecular formula is C15H9ClN4O. The second kappa shape index (κ2) is 4.71. The molecule has 4 rings (SSSR count). The van der Waals surface area contributed by atoms with Gasteiger partial charge in [0.05, 0.1) is 6.26 Å². The van der Waals surface area contributed by atoms with Crippen LogP contribution in [0.3, 0.4) is 0 Å². The van der Waals surface area contributed by atoms with Gasteiger partial charge < -0.3 is 4.42 Å². The van der Waals surface area contributed by atoms with Gasteiger partial charge in [0, 0.05) is 11.6 Å². The van der Waals surface area contributed by atoms with Crippen LogP contribution in [0.2, 0.25) is 5.15 Å². The summed E-state index contributed by atoms with van der Waals surface area (Å²) in [6.45, 7) is 0. The Bertz CT molecular complexity index is 900. The number of rotatable bonds is 2.